The molecule has 0 saturated carbocycles. The molecular weight excluding hydrogens is 408 g/mol. The molecule has 0 bridgehead atoms. The number of benzene rings is 3. The van der Waals surface area contributed by atoms with Crippen molar-refractivity contribution in [3.63, 3.8) is 0 Å². The van der Waals surface area contributed by atoms with Gasteiger partial charge in [-0.3, -0.25) is 9.59 Å². The summed E-state index contributed by atoms with van der Waals surface area (Å²) in [6, 6.07) is 18.2. The molecule has 2 aliphatic rings. The fourth-order valence-electron chi connectivity index (χ4n) is 4.18. The SMILES string of the molecule is COc1ccc(C2CC(=O)Oc3ccc4c(c32)O/C(=C\c2ccccc2)C4=O)c(OC)c1. The van der Waals surface area contributed by atoms with Gasteiger partial charge in [0.2, 0.25) is 5.78 Å². The van der Waals surface area contributed by atoms with Crippen molar-refractivity contribution < 1.29 is 28.5 Å². The summed E-state index contributed by atoms with van der Waals surface area (Å²) >= 11 is 0. The van der Waals surface area contributed by atoms with Crippen molar-refractivity contribution >= 4 is 17.8 Å². The van der Waals surface area contributed by atoms with Crippen LogP contribution in [0.25, 0.3) is 6.08 Å². The molecule has 2 heterocycles. The highest BCUT2D eigenvalue weighted by Crippen LogP contribution is 2.50. The lowest BCUT2D eigenvalue weighted by Gasteiger charge is -2.27. The van der Waals surface area contributed by atoms with E-state index in [1.807, 2.05) is 42.5 Å². The van der Waals surface area contributed by atoms with E-state index in [2.05, 4.69) is 0 Å². The highest BCUT2D eigenvalue weighted by atomic mass is 16.5. The number of fused-ring (bicyclic) bond motifs is 3. The van der Waals surface area contributed by atoms with Gasteiger partial charge < -0.3 is 18.9 Å². The minimum absolute atomic E-state index is 0.0986. The van der Waals surface area contributed by atoms with Crippen molar-refractivity contribution in [3.8, 4) is 23.0 Å². The molecule has 1 atom stereocenters. The zero-order chi connectivity index (χ0) is 22.2. The molecule has 0 radical (unpaired) electrons. The minimum Gasteiger partial charge on any atom is -0.497 e. The van der Waals surface area contributed by atoms with Crippen LogP contribution in [0.15, 0.2) is 66.4 Å². The number of hydrogen-bond acceptors (Lipinski definition) is 6. The number of carbonyl (C=O) groups is 2. The molecule has 2 aliphatic heterocycles. The summed E-state index contributed by atoms with van der Waals surface area (Å²) in [5, 5.41) is 0. The molecule has 1 unspecified atom stereocenters. The number of ketones is 1. The summed E-state index contributed by atoms with van der Waals surface area (Å²) in [6.45, 7) is 0. The first-order chi connectivity index (χ1) is 15.6. The number of carbonyl (C=O) groups excluding carboxylic acids is 2. The summed E-state index contributed by atoms with van der Waals surface area (Å²) in [5.41, 5.74) is 2.75. The smallest absolute Gasteiger partial charge is 0.312 e. The Kier molecular flexibility index (Phi) is 4.90. The van der Waals surface area contributed by atoms with Crippen molar-refractivity contribution in [3.05, 3.63) is 88.7 Å². The van der Waals surface area contributed by atoms with Gasteiger partial charge in [0.15, 0.2) is 5.76 Å². The van der Waals surface area contributed by atoms with Crippen LogP contribution < -0.4 is 18.9 Å². The monoisotopic (exact) mass is 428 g/mol. The third kappa shape index (κ3) is 3.30. The molecular formula is C26H20O6. The molecule has 3 aromatic rings. The maximum atomic E-state index is 13.1. The third-order valence-electron chi connectivity index (χ3n) is 5.69. The predicted octanol–water partition coefficient (Wildman–Crippen LogP) is 4.76. The second kappa shape index (κ2) is 7.89. The minimum atomic E-state index is -0.397. The van der Waals surface area contributed by atoms with Crippen LogP contribution in [-0.2, 0) is 4.79 Å². The fraction of sp³-hybridized carbons (Fsp3) is 0.154. The van der Waals surface area contributed by atoms with Gasteiger partial charge in [-0.05, 0) is 29.8 Å². The molecule has 6 heteroatoms. The lowest BCUT2D eigenvalue weighted by Crippen LogP contribution is -2.22. The highest BCUT2D eigenvalue weighted by Gasteiger charge is 2.39. The Balaban J connectivity index is 1.64. The average molecular weight is 428 g/mol. The van der Waals surface area contributed by atoms with Crippen LogP contribution in [-0.4, -0.2) is 26.0 Å². The summed E-state index contributed by atoms with van der Waals surface area (Å²) < 4.78 is 22.5. The Labute approximate surface area is 185 Å². The second-order valence-corrected chi connectivity index (χ2v) is 7.54. The fourth-order valence-corrected chi connectivity index (χ4v) is 4.18. The van der Waals surface area contributed by atoms with Gasteiger partial charge in [-0.2, -0.15) is 0 Å². The zero-order valence-electron chi connectivity index (χ0n) is 17.6. The Hall–Kier alpha value is -4.06. The molecule has 3 aromatic carbocycles. The van der Waals surface area contributed by atoms with E-state index in [0.717, 1.165) is 11.1 Å². The average Bonchev–Trinajstić information content (AvgIpc) is 3.13. The predicted molar refractivity (Wildman–Crippen MR) is 117 cm³/mol. The zero-order valence-corrected chi connectivity index (χ0v) is 17.6. The first-order valence-corrected chi connectivity index (χ1v) is 10.2. The molecule has 0 fully saturated rings. The maximum Gasteiger partial charge on any atom is 0.312 e. The number of Topliss-reactive ketones (excluding diaryl/α,β-unsaturated/α-hetero) is 1. The Morgan fingerprint density at radius 3 is 2.50 bits per heavy atom. The molecule has 5 rings (SSSR count). The number of rotatable bonds is 4. The Morgan fingerprint density at radius 2 is 1.75 bits per heavy atom. The molecule has 0 N–H and O–H groups in total. The first kappa shape index (κ1) is 19.9. The van der Waals surface area contributed by atoms with Gasteiger partial charge in [0.05, 0.1) is 26.2 Å². The van der Waals surface area contributed by atoms with Gasteiger partial charge in [-0.25, -0.2) is 0 Å². The molecule has 0 aliphatic carbocycles. The second-order valence-electron chi connectivity index (χ2n) is 7.54. The number of esters is 1. The van der Waals surface area contributed by atoms with Gasteiger partial charge >= 0.3 is 5.97 Å². The molecule has 0 amide bonds. The Bertz CT molecular complexity index is 1260. The van der Waals surface area contributed by atoms with Gasteiger partial charge in [-0.1, -0.05) is 36.4 Å². The van der Waals surface area contributed by atoms with Crippen molar-refractivity contribution in [2.45, 2.75) is 12.3 Å². The topological polar surface area (TPSA) is 71.1 Å². The van der Waals surface area contributed by atoms with Crippen LogP contribution in [0.3, 0.4) is 0 Å². The van der Waals surface area contributed by atoms with Crippen LogP contribution in [0, 0.1) is 0 Å². The summed E-state index contributed by atoms with van der Waals surface area (Å²) in [7, 11) is 3.14. The Morgan fingerprint density at radius 1 is 0.938 bits per heavy atom. The van der Waals surface area contributed by atoms with Crippen LogP contribution >= 0.6 is 0 Å². The molecule has 0 saturated heterocycles. The van der Waals surface area contributed by atoms with Crippen LogP contribution in [0.1, 0.15) is 39.4 Å². The van der Waals surface area contributed by atoms with E-state index in [1.165, 1.54) is 0 Å². The van der Waals surface area contributed by atoms with Gasteiger partial charge in [0.25, 0.3) is 0 Å². The van der Waals surface area contributed by atoms with Crippen molar-refractivity contribution in [1.82, 2.24) is 0 Å². The summed E-state index contributed by atoms with van der Waals surface area (Å²) in [6.07, 6.45) is 1.81. The quantitative estimate of drug-likeness (QED) is 0.339. The summed E-state index contributed by atoms with van der Waals surface area (Å²) in [5.74, 6) is 1.30. The number of hydrogen-bond donors (Lipinski definition) is 0. The molecule has 160 valence electrons. The van der Waals surface area contributed by atoms with E-state index in [1.54, 1.807) is 38.5 Å². The van der Waals surface area contributed by atoms with E-state index in [4.69, 9.17) is 18.9 Å². The van der Waals surface area contributed by atoms with Crippen LogP contribution in [0.4, 0.5) is 0 Å². The van der Waals surface area contributed by atoms with Gasteiger partial charge in [-0.15, -0.1) is 0 Å². The molecule has 6 nitrogen and oxygen atoms in total. The standard InChI is InChI=1S/C26H20O6/c1-29-16-8-9-17(21(13-16)30-2)19-14-23(27)31-20-11-10-18-25(28)22(32-26(18)24(19)20)12-15-6-4-3-5-7-15/h3-13,19H,14H2,1-2H3/b22-12-. The lowest BCUT2D eigenvalue weighted by molar-refractivity contribution is -0.135. The normalized spacial score (nSPS) is 17.9. The van der Waals surface area contributed by atoms with E-state index < -0.39 is 5.92 Å². The summed E-state index contributed by atoms with van der Waals surface area (Å²) in [4.78, 5) is 25.5. The largest absolute Gasteiger partial charge is 0.497 e. The van der Waals surface area contributed by atoms with E-state index in [9.17, 15) is 9.59 Å². The van der Waals surface area contributed by atoms with Crippen LogP contribution in [0.5, 0.6) is 23.0 Å². The molecule has 0 spiro atoms. The highest BCUT2D eigenvalue weighted by molar-refractivity contribution is 6.15. The van der Waals surface area contributed by atoms with Crippen LogP contribution in [0.2, 0.25) is 0 Å². The lowest BCUT2D eigenvalue weighted by atomic mass is 9.84. The molecule has 0 aromatic heterocycles. The number of allylic oxidation sites excluding steroid dienone is 1. The van der Waals surface area contributed by atoms with E-state index >= 15 is 0 Å². The van der Waals surface area contributed by atoms with E-state index in [-0.39, 0.29) is 23.9 Å². The number of methoxy groups -OCH3 is 2. The first-order valence-electron chi connectivity index (χ1n) is 10.2. The third-order valence-corrected chi connectivity index (χ3v) is 5.69. The number of ether oxygens (including phenoxy) is 4. The van der Waals surface area contributed by atoms with Gasteiger partial charge in [0, 0.05) is 23.1 Å². The van der Waals surface area contributed by atoms with Gasteiger partial charge in [0.1, 0.15) is 23.0 Å². The van der Waals surface area contributed by atoms with Crippen molar-refractivity contribution in [2.75, 3.05) is 14.2 Å². The van der Waals surface area contributed by atoms with E-state index in [0.29, 0.717) is 34.1 Å². The molecule has 32 heavy (non-hydrogen) atoms. The van der Waals surface area contributed by atoms with Crippen molar-refractivity contribution in [1.29, 1.82) is 0 Å². The van der Waals surface area contributed by atoms with Crippen molar-refractivity contribution in [2.24, 2.45) is 0 Å². The maximum absolute atomic E-state index is 13.1.